The van der Waals surface area contributed by atoms with Crippen molar-refractivity contribution < 1.29 is 36.3 Å². The monoisotopic (exact) mass is 541 g/mol. The molecule has 0 aliphatic heterocycles. The topological polar surface area (TPSA) is 117 Å². The van der Waals surface area contributed by atoms with Gasteiger partial charge in [-0.3, -0.25) is 4.79 Å². The van der Waals surface area contributed by atoms with Gasteiger partial charge in [-0.2, -0.15) is 13.2 Å². The Hall–Kier alpha value is -3.48. The van der Waals surface area contributed by atoms with E-state index in [1.807, 2.05) is 0 Å². The standard InChI is InChI=1S/C23H19ClF3N3O5S/c1-28-12-20(31)15-4-2-14(3-5-15)13-30(21-19(24)10-17(11-29-21)23(25,26)27)36(34,35)18-8-6-16(7-9-18)22(32)33/h2-11,28H,12-13H2,1H3,(H,32,33). The molecule has 13 heteroatoms. The molecule has 0 saturated heterocycles. The largest absolute Gasteiger partial charge is 0.478 e. The van der Waals surface area contributed by atoms with Crippen LogP contribution in [-0.2, 0) is 22.7 Å². The molecule has 8 nitrogen and oxygen atoms in total. The van der Waals surface area contributed by atoms with E-state index in [0.29, 0.717) is 23.4 Å². The van der Waals surface area contributed by atoms with Crippen molar-refractivity contribution in [3.8, 4) is 0 Å². The first-order valence-electron chi connectivity index (χ1n) is 10.2. The normalized spacial score (nSPS) is 11.8. The summed E-state index contributed by atoms with van der Waals surface area (Å²) in [4.78, 5) is 26.5. The number of aromatic carboxylic acids is 1. The molecule has 0 fully saturated rings. The number of nitrogens with one attached hydrogen (secondary N) is 1. The number of rotatable bonds is 9. The van der Waals surface area contributed by atoms with E-state index in [1.165, 1.54) is 24.3 Å². The summed E-state index contributed by atoms with van der Waals surface area (Å²) < 4.78 is 67.0. The molecule has 1 heterocycles. The molecule has 3 aromatic rings. The van der Waals surface area contributed by atoms with Crippen LogP contribution in [0.4, 0.5) is 19.0 Å². The molecule has 0 aliphatic carbocycles. The van der Waals surface area contributed by atoms with Crippen LogP contribution < -0.4 is 9.62 Å². The van der Waals surface area contributed by atoms with Crippen LogP contribution in [0, 0.1) is 0 Å². The second kappa shape index (κ2) is 10.6. The van der Waals surface area contributed by atoms with Gasteiger partial charge in [0.25, 0.3) is 10.0 Å². The van der Waals surface area contributed by atoms with Crippen LogP contribution in [0.25, 0.3) is 0 Å². The second-order valence-electron chi connectivity index (χ2n) is 7.52. The Morgan fingerprint density at radius 3 is 2.14 bits per heavy atom. The van der Waals surface area contributed by atoms with E-state index in [4.69, 9.17) is 16.7 Å². The van der Waals surface area contributed by atoms with E-state index >= 15 is 0 Å². The summed E-state index contributed by atoms with van der Waals surface area (Å²) in [7, 11) is -2.86. The number of hydrogen-bond donors (Lipinski definition) is 2. The maximum atomic E-state index is 13.5. The fraction of sp³-hybridized carbons (Fsp3) is 0.174. The fourth-order valence-corrected chi connectivity index (χ4v) is 4.91. The van der Waals surface area contributed by atoms with Crippen LogP contribution in [0.2, 0.25) is 5.02 Å². The summed E-state index contributed by atoms with van der Waals surface area (Å²) in [6.07, 6.45) is -4.28. The summed E-state index contributed by atoms with van der Waals surface area (Å²) in [6, 6.07) is 10.8. The Morgan fingerprint density at radius 1 is 1.06 bits per heavy atom. The van der Waals surface area contributed by atoms with Gasteiger partial charge in [-0.05, 0) is 42.9 Å². The van der Waals surface area contributed by atoms with Crippen molar-refractivity contribution in [2.45, 2.75) is 17.6 Å². The second-order valence-corrected chi connectivity index (χ2v) is 9.79. The number of hydrogen-bond acceptors (Lipinski definition) is 6. The molecule has 0 atom stereocenters. The number of Topliss-reactive ketones (excluding diaryl/α,β-unsaturated/α-hetero) is 1. The van der Waals surface area contributed by atoms with Crippen LogP contribution in [0.3, 0.4) is 0 Å². The number of anilines is 1. The maximum absolute atomic E-state index is 13.5. The zero-order chi connectivity index (χ0) is 26.7. The molecule has 0 spiro atoms. The third kappa shape index (κ3) is 6.01. The molecule has 0 aliphatic rings. The predicted octanol–water partition coefficient (Wildman–Crippen LogP) is 4.25. The van der Waals surface area contributed by atoms with Crippen molar-refractivity contribution in [2.75, 3.05) is 17.9 Å². The third-order valence-corrected chi connectivity index (χ3v) is 7.04. The number of nitrogens with zero attached hydrogens (tertiary/aromatic N) is 2. The minimum atomic E-state index is -4.75. The Morgan fingerprint density at radius 2 is 1.64 bits per heavy atom. The number of carbonyl (C=O) groups excluding carboxylic acids is 1. The summed E-state index contributed by atoms with van der Waals surface area (Å²) in [5.74, 6) is -1.92. The summed E-state index contributed by atoms with van der Waals surface area (Å²) in [5.41, 5.74) is -0.559. The first-order chi connectivity index (χ1) is 16.8. The molecular weight excluding hydrogens is 523 g/mol. The van der Waals surface area contributed by atoms with Crippen molar-refractivity contribution in [2.24, 2.45) is 0 Å². The number of ketones is 1. The highest BCUT2D eigenvalue weighted by Gasteiger charge is 2.34. The lowest BCUT2D eigenvalue weighted by Gasteiger charge is -2.25. The quantitative estimate of drug-likeness (QED) is 0.389. The summed E-state index contributed by atoms with van der Waals surface area (Å²) in [5, 5.41) is 11.2. The number of likely N-dealkylation sites (N-methyl/N-ethyl adjacent to an activating group) is 1. The van der Waals surface area contributed by atoms with Gasteiger partial charge < -0.3 is 10.4 Å². The molecule has 2 aromatic carbocycles. The van der Waals surface area contributed by atoms with E-state index in [2.05, 4.69) is 10.3 Å². The van der Waals surface area contributed by atoms with Gasteiger partial charge in [0.2, 0.25) is 0 Å². The van der Waals surface area contributed by atoms with Crippen LogP contribution >= 0.6 is 11.6 Å². The Balaban J connectivity index is 2.07. The molecule has 190 valence electrons. The Labute approximate surface area is 209 Å². The smallest absolute Gasteiger partial charge is 0.417 e. The molecule has 36 heavy (non-hydrogen) atoms. The highest BCUT2D eigenvalue weighted by atomic mass is 35.5. The van der Waals surface area contributed by atoms with Crippen LogP contribution in [0.15, 0.2) is 65.7 Å². The van der Waals surface area contributed by atoms with Gasteiger partial charge in [-0.1, -0.05) is 35.9 Å². The molecule has 0 radical (unpaired) electrons. The van der Waals surface area contributed by atoms with E-state index < -0.39 is 38.6 Å². The van der Waals surface area contributed by atoms with Gasteiger partial charge in [0, 0.05) is 11.8 Å². The summed E-state index contributed by atoms with van der Waals surface area (Å²) >= 11 is 6.06. The molecule has 0 bridgehead atoms. The minimum Gasteiger partial charge on any atom is -0.478 e. The molecule has 1 aromatic heterocycles. The Kier molecular flexibility index (Phi) is 8.02. The SMILES string of the molecule is CNCC(=O)c1ccc(CN(c2ncc(C(F)(F)F)cc2Cl)S(=O)(=O)c2ccc(C(=O)O)cc2)cc1. The number of benzene rings is 2. The lowest BCUT2D eigenvalue weighted by atomic mass is 10.1. The van der Waals surface area contributed by atoms with Gasteiger partial charge in [-0.15, -0.1) is 0 Å². The van der Waals surface area contributed by atoms with Crippen molar-refractivity contribution >= 4 is 39.2 Å². The summed E-state index contributed by atoms with van der Waals surface area (Å²) in [6.45, 7) is -0.293. The molecule has 0 saturated carbocycles. The highest BCUT2D eigenvalue weighted by molar-refractivity contribution is 7.92. The van der Waals surface area contributed by atoms with Crippen LogP contribution in [-0.4, -0.2) is 43.9 Å². The van der Waals surface area contributed by atoms with E-state index in [9.17, 15) is 31.2 Å². The number of carboxylic acids is 1. The maximum Gasteiger partial charge on any atom is 0.417 e. The number of carbonyl (C=O) groups is 2. The van der Waals surface area contributed by atoms with Gasteiger partial charge in [0.1, 0.15) is 0 Å². The van der Waals surface area contributed by atoms with Gasteiger partial charge >= 0.3 is 12.1 Å². The van der Waals surface area contributed by atoms with Gasteiger partial charge in [0.15, 0.2) is 11.6 Å². The van der Waals surface area contributed by atoms with Crippen molar-refractivity contribution in [1.82, 2.24) is 10.3 Å². The number of carboxylic acid groups (broad SMARTS) is 1. The van der Waals surface area contributed by atoms with Crippen LogP contribution in [0.5, 0.6) is 0 Å². The molecule has 0 amide bonds. The van der Waals surface area contributed by atoms with E-state index in [-0.39, 0.29) is 29.3 Å². The molecule has 0 unspecified atom stereocenters. The average molecular weight is 542 g/mol. The van der Waals surface area contributed by atoms with Crippen molar-refractivity contribution in [3.63, 3.8) is 0 Å². The lowest BCUT2D eigenvalue weighted by molar-refractivity contribution is -0.137. The van der Waals surface area contributed by atoms with Crippen molar-refractivity contribution in [1.29, 1.82) is 0 Å². The van der Waals surface area contributed by atoms with Crippen molar-refractivity contribution in [3.05, 3.63) is 88.1 Å². The average Bonchev–Trinajstić information content (AvgIpc) is 2.82. The first kappa shape index (κ1) is 27.1. The number of sulfonamides is 1. The molecular formula is C23H19ClF3N3O5S. The Bertz CT molecular complexity index is 1380. The van der Waals surface area contributed by atoms with E-state index in [0.717, 1.165) is 28.6 Å². The van der Waals surface area contributed by atoms with Gasteiger partial charge in [-0.25, -0.2) is 22.5 Å². The fourth-order valence-electron chi connectivity index (χ4n) is 3.16. The number of aromatic nitrogens is 1. The first-order valence-corrected chi connectivity index (χ1v) is 12.0. The third-order valence-electron chi connectivity index (χ3n) is 5.01. The number of pyridine rings is 1. The zero-order valence-electron chi connectivity index (χ0n) is 18.6. The lowest BCUT2D eigenvalue weighted by Crippen LogP contribution is -2.32. The van der Waals surface area contributed by atoms with Crippen LogP contribution in [0.1, 0.15) is 31.8 Å². The molecule has 3 rings (SSSR count). The minimum absolute atomic E-state index is 0.0945. The van der Waals surface area contributed by atoms with E-state index in [1.54, 1.807) is 7.05 Å². The number of halogens is 4. The number of alkyl halides is 3. The van der Waals surface area contributed by atoms with Gasteiger partial charge in [0.05, 0.1) is 34.1 Å². The highest BCUT2D eigenvalue weighted by Crippen LogP contribution is 2.36. The zero-order valence-corrected chi connectivity index (χ0v) is 20.2. The molecule has 2 N–H and O–H groups in total. The predicted molar refractivity (Wildman–Crippen MR) is 126 cm³/mol.